The van der Waals surface area contributed by atoms with E-state index >= 15 is 0 Å². The van der Waals surface area contributed by atoms with Gasteiger partial charge >= 0.3 is 5.97 Å². The van der Waals surface area contributed by atoms with Gasteiger partial charge in [0.15, 0.2) is 4.34 Å². The molecule has 0 unspecified atom stereocenters. The number of aryl methyl sites for hydroxylation is 1. The molecule has 0 atom stereocenters. The largest absolute Gasteiger partial charge is 0.481 e. The molecule has 0 aliphatic rings. The minimum absolute atomic E-state index is 0.0202. The van der Waals surface area contributed by atoms with Crippen molar-refractivity contribution in [2.75, 3.05) is 5.75 Å². The summed E-state index contributed by atoms with van der Waals surface area (Å²) in [5.74, 6) is -0.825. The van der Waals surface area contributed by atoms with Crippen LogP contribution in [-0.4, -0.2) is 31.8 Å². The Morgan fingerprint density at radius 1 is 1.47 bits per heavy atom. The number of thioether (sulfide) groups is 1. The van der Waals surface area contributed by atoms with Crippen LogP contribution in [0.1, 0.15) is 5.69 Å². The third-order valence-corrected chi connectivity index (χ3v) is 3.93. The van der Waals surface area contributed by atoms with E-state index in [-0.39, 0.29) is 5.75 Å². The third-order valence-electron chi connectivity index (χ3n) is 1.93. The lowest BCUT2D eigenvalue weighted by molar-refractivity contribution is -0.133. The van der Waals surface area contributed by atoms with Crippen molar-refractivity contribution in [3.8, 4) is 11.4 Å². The first-order chi connectivity index (χ1) is 8.16. The number of rotatable bonds is 4. The van der Waals surface area contributed by atoms with Crippen molar-refractivity contribution in [1.29, 1.82) is 0 Å². The van der Waals surface area contributed by atoms with Crippen molar-refractivity contribution >= 4 is 29.1 Å². The molecule has 2 aromatic rings. The number of aliphatic carboxylic acids is 1. The van der Waals surface area contributed by atoms with E-state index in [0.29, 0.717) is 0 Å². The predicted molar refractivity (Wildman–Crippen MR) is 66.2 cm³/mol. The summed E-state index contributed by atoms with van der Waals surface area (Å²) in [5, 5.41) is 10.4. The molecule has 0 saturated carbocycles. The van der Waals surface area contributed by atoms with E-state index in [1.807, 2.05) is 12.3 Å². The van der Waals surface area contributed by atoms with Crippen LogP contribution in [0.4, 0.5) is 0 Å². The lowest BCUT2D eigenvalue weighted by Gasteiger charge is -1.98. The summed E-state index contributed by atoms with van der Waals surface area (Å²) in [6, 6.07) is 0. The number of carboxylic acids is 1. The molecule has 5 nitrogen and oxygen atoms in total. The van der Waals surface area contributed by atoms with Crippen molar-refractivity contribution in [3.05, 3.63) is 23.5 Å². The molecule has 2 rings (SSSR count). The van der Waals surface area contributed by atoms with Crippen LogP contribution >= 0.6 is 23.1 Å². The molecule has 2 aromatic heterocycles. The summed E-state index contributed by atoms with van der Waals surface area (Å²) >= 11 is 2.63. The van der Waals surface area contributed by atoms with E-state index in [9.17, 15) is 4.79 Å². The predicted octanol–water partition coefficient (Wildman–Crippen LogP) is 2.09. The number of aromatic nitrogens is 3. The van der Waals surface area contributed by atoms with Crippen molar-refractivity contribution in [2.24, 2.45) is 0 Å². The van der Waals surface area contributed by atoms with Gasteiger partial charge in [0, 0.05) is 17.8 Å². The van der Waals surface area contributed by atoms with Crippen LogP contribution in [0, 0.1) is 6.92 Å². The normalized spacial score (nSPS) is 10.4. The fourth-order valence-electron chi connectivity index (χ4n) is 1.21. The molecule has 0 aromatic carbocycles. The van der Waals surface area contributed by atoms with E-state index in [0.717, 1.165) is 21.4 Å². The minimum atomic E-state index is -0.845. The summed E-state index contributed by atoms with van der Waals surface area (Å²) in [7, 11) is 0. The van der Waals surface area contributed by atoms with Crippen LogP contribution in [0.2, 0.25) is 0 Å². The lowest BCUT2D eigenvalue weighted by atomic mass is 10.3. The molecule has 0 saturated heterocycles. The molecule has 0 spiro atoms. The number of nitrogens with zero attached hydrogens (tertiary/aromatic N) is 3. The number of carbonyl (C=O) groups is 1. The highest BCUT2D eigenvalue weighted by Gasteiger charge is 2.10. The highest BCUT2D eigenvalue weighted by atomic mass is 32.2. The fraction of sp³-hybridized carbons (Fsp3) is 0.200. The van der Waals surface area contributed by atoms with Gasteiger partial charge in [-0.1, -0.05) is 11.8 Å². The zero-order chi connectivity index (χ0) is 12.3. The van der Waals surface area contributed by atoms with Gasteiger partial charge in [0.2, 0.25) is 0 Å². The van der Waals surface area contributed by atoms with Crippen LogP contribution in [0.25, 0.3) is 11.4 Å². The maximum absolute atomic E-state index is 10.4. The molecule has 0 aliphatic carbocycles. The van der Waals surface area contributed by atoms with Crippen LogP contribution < -0.4 is 0 Å². The van der Waals surface area contributed by atoms with E-state index in [1.54, 1.807) is 12.4 Å². The minimum Gasteiger partial charge on any atom is -0.481 e. The number of hydrogen-bond donors (Lipinski definition) is 1. The van der Waals surface area contributed by atoms with Gasteiger partial charge < -0.3 is 5.11 Å². The van der Waals surface area contributed by atoms with Gasteiger partial charge in [-0.05, 0) is 6.92 Å². The average molecular weight is 267 g/mol. The van der Waals surface area contributed by atoms with Gasteiger partial charge in [-0.3, -0.25) is 14.8 Å². The van der Waals surface area contributed by atoms with E-state index < -0.39 is 5.97 Å². The molecule has 0 fully saturated rings. The quantitative estimate of drug-likeness (QED) is 0.855. The molecule has 88 valence electrons. The highest BCUT2D eigenvalue weighted by Crippen LogP contribution is 2.27. The first-order valence-corrected chi connectivity index (χ1v) is 6.61. The maximum Gasteiger partial charge on any atom is 0.313 e. The second-order valence-corrected chi connectivity index (χ2v) is 5.25. The van der Waals surface area contributed by atoms with Gasteiger partial charge in [-0.15, -0.1) is 11.3 Å². The molecular weight excluding hydrogens is 258 g/mol. The Morgan fingerprint density at radius 2 is 2.24 bits per heavy atom. The monoisotopic (exact) mass is 267 g/mol. The summed E-state index contributed by atoms with van der Waals surface area (Å²) in [6.07, 6.45) is 3.25. The first-order valence-electron chi connectivity index (χ1n) is 4.75. The summed E-state index contributed by atoms with van der Waals surface area (Å²) in [4.78, 5) is 23.1. The molecule has 2 heterocycles. The van der Waals surface area contributed by atoms with E-state index in [2.05, 4.69) is 15.0 Å². The topological polar surface area (TPSA) is 76.0 Å². The zero-order valence-corrected chi connectivity index (χ0v) is 10.6. The van der Waals surface area contributed by atoms with Crippen LogP contribution in [0.5, 0.6) is 0 Å². The molecule has 0 aliphatic heterocycles. The SMILES string of the molecule is Cc1nccnc1-c1csc(SCC(=O)O)n1. The Balaban J connectivity index is 2.18. The fourth-order valence-corrected chi connectivity index (χ4v) is 2.75. The summed E-state index contributed by atoms with van der Waals surface area (Å²) < 4.78 is 0.729. The Hall–Kier alpha value is -1.47. The van der Waals surface area contributed by atoms with Crippen LogP contribution in [0.3, 0.4) is 0 Å². The molecule has 1 N–H and O–H groups in total. The smallest absolute Gasteiger partial charge is 0.313 e. The summed E-state index contributed by atoms with van der Waals surface area (Å²) in [6.45, 7) is 1.87. The van der Waals surface area contributed by atoms with Crippen molar-refractivity contribution in [1.82, 2.24) is 15.0 Å². The number of thiazole rings is 1. The Bertz CT molecular complexity index is 542. The van der Waals surface area contributed by atoms with Crippen LogP contribution in [0.15, 0.2) is 22.1 Å². The van der Waals surface area contributed by atoms with Gasteiger partial charge in [0.1, 0.15) is 11.4 Å². The summed E-state index contributed by atoms with van der Waals surface area (Å²) in [5.41, 5.74) is 2.30. The lowest BCUT2D eigenvalue weighted by Crippen LogP contribution is -1.97. The highest BCUT2D eigenvalue weighted by molar-refractivity contribution is 8.01. The van der Waals surface area contributed by atoms with E-state index in [4.69, 9.17) is 5.11 Å². The third kappa shape index (κ3) is 3.01. The molecule has 0 bridgehead atoms. The Kier molecular flexibility index (Phi) is 3.70. The van der Waals surface area contributed by atoms with Crippen molar-refractivity contribution in [3.63, 3.8) is 0 Å². The second kappa shape index (κ2) is 5.24. The Labute approximate surface area is 106 Å². The van der Waals surface area contributed by atoms with Gasteiger partial charge in [0.05, 0.1) is 11.4 Å². The zero-order valence-electron chi connectivity index (χ0n) is 8.95. The van der Waals surface area contributed by atoms with Crippen molar-refractivity contribution < 1.29 is 9.90 Å². The second-order valence-electron chi connectivity index (χ2n) is 3.17. The molecule has 17 heavy (non-hydrogen) atoms. The Morgan fingerprint density at radius 3 is 2.94 bits per heavy atom. The van der Waals surface area contributed by atoms with Crippen molar-refractivity contribution in [2.45, 2.75) is 11.3 Å². The maximum atomic E-state index is 10.4. The first kappa shape index (κ1) is 12.0. The van der Waals surface area contributed by atoms with Gasteiger partial charge in [-0.25, -0.2) is 4.98 Å². The van der Waals surface area contributed by atoms with Crippen LogP contribution in [-0.2, 0) is 4.79 Å². The number of hydrogen-bond acceptors (Lipinski definition) is 6. The molecule has 7 heteroatoms. The van der Waals surface area contributed by atoms with Gasteiger partial charge in [0.25, 0.3) is 0 Å². The standard InChI is InChI=1S/C10H9N3O2S2/c1-6-9(12-3-2-11-6)7-4-16-10(13-7)17-5-8(14)15/h2-4H,5H2,1H3,(H,14,15). The van der Waals surface area contributed by atoms with E-state index in [1.165, 1.54) is 23.1 Å². The van der Waals surface area contributed by atoms with Gasteiger partial charge in [-0.2, -0.15) is 0 Å². The molecule has 0 amide bonds. The molecular formula is C10H9N3O2S2. The average Bonchev–Trinajstić information content (AvgIpc) is 2.75. The number of carboxylic acid groups (broad SMARTS) is 1. The molecule has 0 radical (unpaired) electrons.